The van der Waals surface area contributed by atoms with Crippen molar-refractivity contribution in [2.45, 2.75) is 32.1 Å². The van der Waals surface area contributed by atoms with E-state index < -0.39 is 0 Å². The summed E-state index contributed by atoms with van der Waals surface area (Å²) in [6, 6.07) is 0. The van der Waals surface area contributed by atoms with Crippen LogP contribution < -0.4 is 5.32 Å². The third kappa shape index (κ3) is 10.6. The number of hydrogen-bond donors (Lipinski definition) is 2. The molecule has 0 aromatic rings. The Morgan fingerprint density at radius 2 is 1.94 bits per heavy atom. The molecule has 6 N–H and O–H groups in total. The lowest BCUT2D eigenvalue weighted by Crippen LogP contribution is -2.28. The maximum Gasteiger partial charge on any atom is 0.143 e. The number of carbonyl (C=O) groups excluding carboxylic acids is 1. The van der Waals surface area contributed by atoms with Gasteiger partial charge in [-0.3, -0.25) is 9.69 Å². The Balaban J connectivity index is -0.000000250. The molecule has 1 fully saturated rings. The SMILES string of the molecule is CN(C)C1CC[C@H](CO)O1.CNCC(C)=O.O.O. The first-order valence-corrected chi connectivity index (χ1v) is 5.58. The van der Waals surface area contributed by atoms with E-state index in [1.54, 1.807) is 14.0 Å². The molecule has 7 heteroatoms. The molecule has 0 amide bonds. The topological polar surface area (TPSA) is 125 Å². The van der Waals surface area contributed by atoms with Gasteiger partial charge in [-0.05, 0) is 40.9 Å². The van der Waals surface area contributed by atoms with Gasteiger partial charge in [0.1, 0.15) is 12.0 Å². The van der Waals surface area contributed by atoms with Crippen LogP contribution in [0, 0.1) is 0 Å². The fourth-order valence-corrected chi connectivity index (χ4v) is 1.45. The summed E-state index contributed by atoms with van der Waals surface area (Å²) in [5, 5.41) is 11.4. The number of ether oxygens (including phenoxy) is 1. The fourth-order valence-electron chi connectivity index (χ4n) is 1.45. The van der Waals surface area contributed by atoms with Crippen LogP contribution in [0.25, 0.3) is 0 Å². The number of aliphatic hydroxyl groups is 1. The van der Waals surface area contributed by atoms with Gasteiger partial charge >= 0.3 is 0 Å². The normalized spacial score (nSPS) is 21.4. The van der Waals surface area contributed by atoms with Gasteiger partial charge in [0.25, 0.3) is 0 Å². The molecule has 0 spiro atoms. The molecule has 1 aliphatic rings. The second kappa shape index (κ2) is 12.9. The van der Waals surface area contributed by atoms with Gasteiger partial charge < -0.3 is 26.1 Å². The molecular formula is C11H28N2O5. The summed E-state index contributed by atoms with van der Waals surface area (Å²) in [6.45, 7) is 2.20. The largest absolute Gasteiger partial charge is 0.412 e. The summed E-state index contributed by atoms with van der Waals surface area (Å²) in [4.78, 5) is 12.0. The predicted octanol–water partition coefficient (Wildman–Crippen LogP) is -1.81. The van der Waals surface area contributed by atoms with Crippen molar-refractivity contribution in [2.75, 3.05) is 34.3 Å². The molecule has 1 rings (SSSR count). The molecule has 1 heterocycles. The number of nitrogens with one attached hydrogen (secondary N) is 1. The number of likely N-dealkylation sites (N-methyl/N-ethyl adjacent to an activating group) is 1. The summed E-state index contributed by atoms with van der Waals surface area (Å²) in [5.41, 5.74) is 0. The van der Waals surface area contributed by atoms with Crippen LogP contribution in [0.3, 0.4) is 0 Å². The van der Waals surface area contributed by atoms with Crippen molar-refractivity contribution in [3.8, 4) is 0 Å². The minimum atomic E-state index is 0. The van der Waals surface area contributed by atoms with E-state index in [-0.39, 0.29) is 35.7 Å². The molecule has 0 saturated carbocycles. The average Bonchev–Trinajstić information content (AvgIpc) is 2.66. The minimum absolute atomic E-state index is 0. The lowest BCUT2D eigenvalue weighted by atomic mass is 10.2. The zero-order valence-electron chi connectivity index (χ0n) is 11.7. The van der Waals surface area contributed by atoms with E-state index >= 15 is 0 Å². The Labute approximate surface area is 109 Å². The summed E-state index contributed by atoms with van der Waals surface area (Å²) >= 11 is 0. The third-order valence-electron chi connectivity index (χ3n) is 2.29. The van der Waals surface area contributed by atoms with Crippen molar-refractivity contribution in [2.24, 2.45) is 0 Å². The van der Waals surface area contributed by atoms with Crippen molar-refractivity contribution in [1.29, 1.82) is 0 Å². The first kappa shape index (κ1) is 22.6. The van der Waals surface area contributed by atoms with E-state index in [9.17, 15) is 4.79 Å². The molecule has 0 aromatic heterocycles. The molecule has 0 bridgehead atoms. The zero-order chi connectivity index (χ0) is 12.6. The van der Waals surface area contributed by atoms with Crippen molar-refractivity contribution >= 4 is 5.78 Å². The molecule has 1 aliphatic heterocycles. The van der Waals surface area contributed by atoms with E-state index in [2.05, 4.69) is 5.32 Å². The third-order valence-corrected chi connectivity index (χ3v) is 2.29. The van der Waals surface area contributed by atoms with Crippen LogP contribution in [0.5, 0.6) is 0 Å². The molecule has 0 aliphatic carbocycles. The van der Waals surface area contributed by atoms with Gasteiger partial charge in [0.2, 0.25) is 0 Å². The molecule has 18 heavy (non-hydrogen) atoms. The molecule has 0 radical (unpaired) electrons. The van der Waals surface area contributed by atoms with Gasteiger partial charge in [-0.25, -0.2) is 0 Å². The quantitative estimate of drug-likeness (QED) is 0.621. The van der Waals surface area contributed by atoms with Crippen LogP contribution >= 0.6 is 0 Å². The Morgan fingerprint density at radius 3 is 2.11 bits per heavy atom. The van der Waals surface area contributed by atoms with E-state index in [0.29, 0.717) is 6.54 Å². The highest BCUT2D eigenvalue weighted by molar-refractivity contribution is 5.77. The second-order valence-electron chi connectivity index (χ2n) is 4.17. The maximum atomic E-state index is 9.98. The number of Topliss-reactive ketones (excluding diaryl/α,β-unsaturated/α-hetero) is 1. The molecule has 112 valence electrons. The molecular weight excluding hydrogens is 240 g/mol. The molecule has 1 saturated heterocycles. The average molecular weight is 268 g/mol. The van der Waals surface area contributed by atoms with E-state index in [1.807, 2.05) is 19.0 Å². The number of ketones is 1. The van der Waals surface area contributed by atoms with Crippen molar-refractivity contribution in [1.82, 2.24) is 10.2 Å². The van der Waals surface area contributed by atoms with Crippen molar-refractivity contribution in [3.05, 3.63) is 0 Å². The van der Waals surface area contributed by atoms with Crippen LogP contribution in [0.4, 0.5) is 0 Å². The number of aliphatic hydroxyl groups excluding tert-OH is 1. The zero-order valence-corrected chi connectivity index (χ0v) is 11.7. The Bertz CT molecular complexity index is 202. The summed E-state index contributed by atoms with van der Waals surface area (Å²) < 4.78 is 5.45. The van der Waals surface area contributed by atoms with Crippen LogP contribution in [0.1, 0.15) is 19.8 Å². The van der Waals surface area contributed by atoms with Crippen LogP contribution in [0.15, 0.2) is 0 Å². The van der Waals surface area contributed by atoms with Gasteiger partial charge in [0.15, 0.2) is 0 Å². The molecule has 1 unspecified atom stereocenters. The van der Waals surface area contributed by atoms with Crippen LogP contribution in [0.2, 0.25) is 0 Å². The summed E-state index contributed by atoms with van der Waals surface area (Å²) in [5.74, 6) is 0.178. The van der Waals surface area contributed by atoms with Gasteiger partial charge in [0.05, 0.1) is 19.3 Å². The minimum Gasteiger partial charge on any atom is -0.412 e. The monoisotopic (exact) mass is 268 g/mol. The lowest BCUT2D eigenvalue weighted by Gasteiger charge is -2.18. The molecule has 2 atom stereocenters. The summed E-state index contributed by atoms with van der Waals surface area (Å²) in [6.07, 6.45) is 2.32. The first-order chi connectivity index (χ1) is 7.51. The highest BCUT2D eigenvalue weighted by Crippen LogP contribution is 2.19. The highest BCUT2D eigenvalue weighted by Gasteiger charge is 2.25. The first-order valence-electron chi connectivity index (χ1n) is 5.58. The van der Waals surface area contributed by atoms with Gasteiger partial charge in [-0.2, -0.15) is 0 Å². The number of hydrogen-bond acceptors (Lipinski definition) is 5. The van der Waals surface area contributed by atoms with Gasteiger partial charge in [-0.15, -0.1) is 0 Å². The van der Waals surface area contributed by atoms with Crippen molar-refractivity contribution in [3.63, 3.8) is 0 Å². The Morgan fingerprint density at radius 1 is 1.39 bits per heavy atom. The number of carbonyl (C=O) groups is 1. The summed E-state index contributed by atoms with van der Waals surface area (Å²) in [7, 11) is 5.73. The predicted molar refractivity (Wildman–Crippen MR) is 70.5 cm³/mol. The van der Waals surface area contributed by atoms with Crippen LogP contribution in [-0.2, 0) is 9.53 Å². The number of rotatable bonds is 4. The Kier molecular flexibility index (Phi) is 16.2. The second-order valence-corrected chi connectivity index (χ2v) is 4.17. The van der Waals surface area contributed by atoms with E-state index in [0.717, 1.165) is 12.8 Å². The van der Waals surface area contributed by atoms with Crippen molar-refractivity contribution < 1.29 is 25.6 Å². The van der Waals surface area contributed by atoms with Gasteiger partial charge in [0, 0.05) is 0 Å². The van der Waals surface area contributed by atoms with Crippen LogP contribution in [-0.4, -0.2) is 73.4 Å². The van der Waals surface area contributed by atoms with Gasteiger partial charge in [-0.1, -0.05) is 0 Å². The fraction of sp³-hybridized carbons (Fsp3) is 0.909. The molecule has 0 aromatic carbocycles. The standard InChI is InChI=1S/C7H15NO2.C4H9NO.2H2O/c1-8(2)7-4-3-6(5-9)10-7;1-4(6)3-5-2;;/h6-7,9H,3-5H2,1-2H3;5H,3H2,1-2H3;2*1H2/t6-,7?;;;/m1.../s1. The van der Waals surface area contributed by atoms with E-state index in [1.165, 1.54) is 0 Å². The Hall–Kier alpha value is -0.570. The number of nitrogens with zero attached hydrogens (tertiary/aromatic N) is 1. The van der Waals surface area contributed by atoms with E-state index in [4.69, 9.17) is 9.84 Å². The maximum absolute atomic E-state index is 9.98. The highest BCUT2D eigenvalue weighted by atomic mass is 16.5. The molecule has 7 nitrogen and oxygen atoms in total. The smallest absolute Gasteiger partial charge is 0.143 e. The lowest BCUT2D eigenvalue weighted by molar-refractivity contribution is -0.116.